The van der Waals surface area contributed by atoms with Gasteiger partial charge in [-0.15, -0.1) is 0 Å². The maximum absolute atomic E-state index is 2.44. The molecule has 2 heterocycles. The molecule has 0 spiro atoms. The SMILES string of the molecule is c1ccc(-c2ccc(-c3cccc(-c4ccc5c6c7c8ccccc8n(-c8ccccc8)c7ccc6n(-c6ccccc6)c5c4)c3)cc2)cc1. The maximum atomic E-state index is 2.44. The van der Waals surface area contributed by atoms with E-state index in [1.807, 2.05) is 0 Å². The molecule has 2 heteroatoms. The second-order valence-electron chi connectivity index (χ2n) is 13.0. The Labute approximate surface area is 290 Å². The summed E-state index contributed by atoms with van der Waals surface area (Å²) in [5.41, 5.74) is 14.4. The van der Waals surface area contributed by atoms with Crippen molar-refractivity contribution in [2.24, 2.45) is 0 Å². The Morgan fingerprint density at radius 2 is 0.660 bits per heavy atom. The van der Waals surface area contributed by atoms with E-state index in [1.165, 1.54) is 82.7 Å². The average Bonchev–Trinajstić information content (AvgIpc) is 3.71. The van der Waals surface area contributed by atoms with Gasteiger partial charge in [-0.2, -0.15) is 0 Å². The Morgan fingerprint density at radius 1 is 0.240 bits per heavy atom. The molecule has 0 unspecified atom stereocenters. The molecule has 8 aromatic carbocycles. The molecule has 50 heavy (non-hydrogen) atoms. The fourth-order valence-corrected chi connectivity index (χ4v) is 7.82. The van der Waals surface area contributed by atoms with E-state index in [1.54, 1.807) is 0 Å². The van der Waals surface area contributed by atoms with Crippen LogP contribution in [0.15, 0.2) is 194 Å². The molecule has 2 aromatic heterocycles. The molecule has 0 amide bonds. The highest BCUT2D eigenvalue weighted by Crippen LogP contribution is 2.43. The second kappa shape index (κ2) is 11.5. The average molecular weight is 637 g/mol. The summed E-state index contributed by atoms with van der Waals surface area (Å²) in [6.07, 6.45) is 0. The molecule has 10 rings (SSSR count). The third kappa shape index (κ3) is 4.50. The predicted octanol–water partition coefficient (Wildman–Crippen LogP) is 12.9. The van der Waals surface area contributed by atoms with Gasteiger partial charge in [-0.05, 0) is 88.0 Å². The molecule has 0 N–H and O–H groups in total. The van der Waals surface area contributed by atoms with Crippen LogP contribution in [0, 0.1) is 0 Å². The minimum absolute atomic E-state index is 1.16. The van der Waals surface area contributed by atoms with Crippen molar-refractivity contribution < 1.29 is 0 Å². The second-order valence-corrected chi connectivity index (χ2v) is 13.0. The summed E-state index contributed by atoms with van der Waals surface area (Å²) in [4.78, 5) is 0. The van der Waals surface area contributed by atoms with Crippen molar-refractivity contribution in [2.45, 2.75) is 0 Å². The van der Waals surface area contributed by atoms with Crippen LogP contribution in [0.4, 0.5) is 0 Å². The molecule has 0 saturated carbocycles. The largest absolute Gasteiger partial charge is 0.309 e. The van der Waals surface area contributed by atoms with Gasteiger partial charge in [-0.1, -0.05) is 140 Å². The van der Waals surface area contributed by atoms with Crippen LogP contribution in [0.3, 0.4) is 0 Å². The molecule has 0 radical (unpaired) electrons. The number of hydrogen-bond acceptors (Lipinski definition) is 0. The van der Waals surface area contributed by atoms with Gasteiger partial charge in [0.15, 0.2) is 0 Å². The molecule has 0 saturated heterocycles. The summed E-state index contributed by atoms with van der Waals surface area (Å²) in [5.74, 6) is 0. The van der Waals surface area contributed by atoms with Gasteiger partial charge in [-0.25, -0.2) is 0 Å². The van der Waals surface area contributed by atoms with Crippen molar-refractivity contribution in [2.75, 3.05) is 0 Å². The van der Waals surface area contributed by atoms with Crippen LogP contribution >= 0.6 is 0 Å². The number of aromatic nitrogens is 2. The van der Waals surface area contributed by atoms with E-state index in [4.69, 9.17) is 0 Å². The van der Waals surface area contributed by atoms with Crippen LogP contribution in [-0.2, 0) is 0 Å². The summed E-state index contributed by atoms with van der Waals surface area (Å²) in [7, 11) is 0. The van der Waals surface area contributed by atoms with E-state index in [2.05, 4.69) is 203 Å². The maximum Gasteiger partial charge on any atom is 0.0548 e. The Hall–Kier alpha value is -6.64. The number of rotatable bonds is 5. The first-order valence-electron chi connectivity index (χ1n) is 17.2. The zero-order valence-corrected chi connectivity index (χ0v) is 27.4. The number of fused-ring (bicyclic) bond motifs is 7. The standard InChI is InChI=1S/C48H32N2/c1-4-13-33(14-5-1)34-23-25-35(26-24-34)36-15-12-16-37(31-36)38-27-28-42-46(32-38)50(40-19-8-3-9-20-40)45-30-29-44-47(48(42)45)41-21-10-11-22-43(41)49(44)39-17-6-2-7-18-39/h1-32H. The van der Waals surface area contributed by atoms with E-state index in [-0.39, 0.29) is 0 Å². The molecule has 0 aliphatic rings. The molecular weight excluding hydrogens is 605 g/mol. The van der Waals surface area contributed by atoms with Crippen LogP contribution in [0.25, 0.3) is 88.4 Å². The monoisotopic (exact) mass is 636 g/mol. The smallest absolute Gasteiger partial charge is 0.0548 e. The fourth-order valence-electron chi connectivity index (χ4n) is 7.82. The van der Waals surface area contributed by atoms with E-state index in [9.17, 15) is 0 Å². The van der Waals surface area contributed by atoms with Crippen LogP contribution in [0.2, 0.25) is 0 Å². The van der Waals surface area contributed by atoms with Crippen LogP contribution in [0.1, 0.15) is 0 Å². The fraction of sp³-hybridized carbons (Fsp3) is 0. The Bertz CT molecular complexity index is 2820. The van der Waals surface area contributed by atoms with Crippen molar-refractivity contribution >= 4 is 43.6 Å². The van der Waals surface area contributed by atoms with Crippen LogP contribution < -0.4 is 0 Å². The first kappa shape index (κ1) is 28.4. The Balaban J connectivity index is 1.18. The lowest BCUT2D eigenvalue weighted by Crippen LogP contribution is -1.94. The Morgan fingerprint density at radius 3 is 1.30 bits per heavy atom. The third-order valence-corrected chi connectivity index (χ3v) is 10.1. The van der Waals surface area contributed by atoms with Crippen molar-refractivity contribution in [3.63, 3.8) is 0 Å². The first-order chi connectivity index (χ1) is 24.8. The lowest BCUT2D eigenvalue weighted by Gasteiger charge is -2.10. The number of nitrogens with zero attached hydrogens (tertiary/aromatic N) is 2. The highest BCUT2D eigenvalue weighted by atomic mass is 15.0. The van der Waals surface area contributed by atoms with Gasteiger partial charge in [-0.3, -0.25) is 0 Å². The van der Waals surface area contributed by atoms with Gasteiger partial charge in [0.1, 0.15) is 0 Å². The highest BCUT2D eigenvalue weighted by Gasteiger charge is 2.21. The summed E-state index contributed by atoms with van der Waals surface area (Å²) in [6, 6.07) is 70.3. The Kier molecular flexibility index (Phi) is 6.53. The molecule has 2 nitrogen and oxygen atoms in total. The van der Waals surface area contributed by atoms with Gasteiger partial charge in [0, 0.05) is 32.9 Å². The molecule has 0 bridgehead atoms. The zero-order valence-electron chi connectivity index (χ0n) is 27.4. The number of para-hydroxylation sites is 3. The molecular formula is C48H32N2. The molecule has 0 aliphatic carbocycles. The van der Waals surface area contributed by atoms with Crippen LogP contribution in [0.5, 0.6) is 0 Å². The molecule has 234 valence electrons. The van der Waals surface area contributed by atoms with Crippen molar-refractivity contribution in [3.05, 3.63) is 194 Å². The van der Waals surface area contributed by atoms with Crippen LogP contribution in [-0.4, -0.2) is 9.13 Å². The molecule has 10 aromatic rings. The highest BCUT2D eigenvalue weighted by molar-refractivity contribution is 6.29. The predicted molar refractivity (Wildman–Crippen MR) is 211 cm³/mol. The minimum atomic E-state index is 1.16. The first-order valence-corrected chi connectivity index (χ1v) is 17.2. The molecule has 0 atom stereocenters. The van der Waals surface area contributed by atoms with Crippen molar-refractivity contribution in [1.82, 2.24) is 9.13 Å². The summed E-state index contributed by atoms with van der Waals surface area (Å²) < 4.78 is 4.84. The third-order valence-electron chi connectivity index (χ3n) is 10.1. The summed E-state index contributed by atoms with van der Waals surface area (Å²) in [5, 5.41) is 5.09. The van der Waals surface area contributed by atoms with Gasteiger partial charge >= 0.3 is 0 Å². The quantitative estimate of drug-likeness (QED) is 0.178. The summed E-state index contributed by atoms with van der Waals surface area (Å²) in [6.45, 7) is 0. The van der Waals surface area contributed by atoms with E-state index < -0.39 is 0 Å². The lowest BCUT2D eigenvalue weighted by atomic mass is 9.96. The normalized spacial score (nSPS) is 11.6. The summed E-state index contributed by atoms with van der Waals surface area (Å²) >= 11 is 0. The van der Waals surface area contributed by atoms with E-state index in [0.29, 0.717) is 0 Å². The number of hydrogen-bond donors (Lipinski definition) is 0. The van der Waals surface area contributed by atoms with Crippen molar-refractivity contribution in [1.29, 1.82) is 0 Å². The van der Waals surface area contributed by atoms with E-state index in [0.717, 1.165) is 5.69 Å². The van der Waals surface area contributed by atoms with Gasteiger partial charge in [0.2, 0.25) is 0 Å². The van der Waals surface area contributed by atoms with E-state index >= 15 is 0 Å². The van der Waals surface area contributed by atoms with Gasteiger partial charge < -0.3 is 9.13 Å². The minimum Gasteiger partial charge on any atom is -0.309 e. The van der Waals surface area contributed by atoms with Gasteiger partial charge in [0.05, 0.1) is 22.1 Å². The number of benzene rings is 8. The van der Waals surface area contributed by atoms with Gasteiger partial charge in [0.25, 0.3) is 0 Å². The lowest BCUT2D eigenvalue weighted by molar-refractivity contribution is 1.17. The molecule has 0 aliphatic heterocycles. The molecule has 0 fully saturated rings. The topological polar surface area (TPSA) is 9.86 Å². The zero-order chi connectivity index (χ0) is 33.0. The van der Waals surface area contributed by atoms with Crippen molar-refractivity contribution in [3.8, 4) is 44.8 Å².